The Bertz CT molecular complexity index is 811. The first-order valence-electron chi connectivity index (χ1n) is 8.00. The van der Waals surface area contributed by atoms with Crippen molar-refractivity contribution >= 4 is 5.78 Å². The second-order valence-corrected chi connectivity index (χ2v) is 6.32. The van der Waals surface area contributed by atoms with Crippen LogP contribution in [0, 0.1) is 11.6 Å². The second-order valence-electron chi connectivity index (χ2n) is 6.32. The van der Waals surface area contributed by atoms with Gasteiger partial charge in [0, 0.05) is 11.8 Å². The molecule has 0 aliphatic rings. The van der Waals surface area contributed by atoms with Crippen LogP contribution in [-0.2, 0) is 17.1 Å². The average Bonchev–Trinajstić information content (AvgIpc) is 2.58. The molecule has 2 aromatic rings. The highest BCUT2D eigenvalue weighted by molar-refractivity contribution is 5.91. The van der Waals surface area contributed by atoms with Crippen molar-refractivity contribution in [3.05, 3.63) is 70.3 Å². The number of Topliss-reactive ketones (excluding diaryl/α,β-unsaturated/α-hetero) is 1. The number of alkyl halides is 6. The summed E-state index contributed by atoms with van der Waals surface area (Å²) in [6.45, 7) is 2.53. The Morgan fingerprint density at radius 2 is 1.04 bits per heavy atom. The molecule has 0 saturated carbocycles. The highest BCUT2D eigenvalue weighted by Gasteiger charge is 2.37. The van der Waals surface area contributed by atoms with Crippen LogP contribution in [0.2, 0.25) is 0 Å². The molecule has 2 unspecified atom stereocenters. The van der Waals surface area contributed by atoms with Crippen LogP contribution >= 0.6 is 0 Å². The average molecular weight is 410 g/mol. The maximum absolute atomic E-state index is 13.4. The van der Waals surface area contributed by atoms with Gasteiger partial charge in [-0.15, -0.1) is 0 Å². The van der Waals surface area contributed by atoms with Gasteiger partial charge in [-0.05, 0) is 35.4 Å². The number of halogens is 8. The molecule has 2 aromatic carbocycles. The van der Waals surface area contributed by atoms with Crippen molar-refractivity contribution in [3.8, 4) is 0 Å². The van der Waals surface area contributed by atoms with Crippen LogP contribution < -0.4 is 0 Å². The van der Waals surface area contributed by atoms with Gasteiger partial charge in [0.05, 0.1) is 11.1 Å². The fraction of sp³-hybridized carbons (Fsp3) is 0.316. The minimum atomic E-state index is -4.97. The molecule has 2 atom stereocenters. The normalized spacial score (nSPS) is 14.6. The van der Waals surface area contributed by atoms with Gasteiger partial charge in [0.2, 0.25) is 0 Å². The molecule has 0 aliphatic carbocycles. The first-order valence-corrected chi connectivity index (χ1v) is 8.00. The van der Waals surface area contributed by atoms with E-state index >= 15 is 0 Å². The first-order chi connectivity index (χ1) is 12.7. The fourth-order valence-corrected chi connectivity index (χ4v) is 2.76. The predicted octanol–water partition coefficient (Wildman–Crippen LogP) is 6.48. The summed E-state index contributed by atoms with van der Waals surface area (Å²) in [6.07, 6.45) is -9.93. The molecule has 0 amide bonds. The lowest BCUT2D eigenvalue weighted by Crippen LogP contribution is -2.19. The summed E-state index contributed by atoms with van der Waals surface area (Å²) in [5.74, 6) is -6.01. The zero-order valence-corrected chi connectivity index (χ0v) is 14.6. The number of carbonyl (C=O) groups is 1. The Hall–Kier alpha value is -2.45. The third kappa shape index (κ3) is 4.51. The van der Waals surface area contributed by atoms with Crippen molar-refractivity contribution in [1.82, 2.24) is 0 Å². The first kappa shape index (κ1) is 21.8. The Kier molecular flexibility index (Phi) is 5.87. The van der Waals surface area contributed by atoms with E-state index < -0.39 is 52.7 Å². The summed E-state index contributed by atoms with van der Waals surface area (Å²) in [4.78, 5) is 12.6. The minimum absolute atomic E-state index is 0.135. The molecule has 0 spiro atoms. The summed E-state index contributed by atoms with van der Waals surface area (Å²) in [7, 11) is 0. The molecule has 0 saturated heterocycles. The Morgan fingerprint density at radius 3 is 1.32 bits per heavy atom. The van der Waals surface area contributed by atoms with Crippen molar-refractivity contribution in [2.45, 2.75) is 38.0 Å². The fourth-order valence-electron chi connectivity index (χ4n) is 2.76. The summed E-state index contributed by atoms with van der Waals surface area (Å²) in [5, 5.41) is 0. The monoisotopic (exact) mass is 410 g/mol. The topological polar surface area (TPSA) is 17.1 Å². The van der Waals surface area contributed by atoms with Crippen molar-refractivity contribution in [3.63, 3.8) is 0 Å². The van der Waals surface area contributed by atoms with Gasteiger partial charge in [0.15, 0.2) is 0 Å². The van der Waals surface area contributed by atoms with Crippen LogP contribution in [-0.4, -0.2) is 5.78 Å². The van der Waals surface area contributed by atoms with Gasteiger partial charge in [-0.1, -0.05) is 26.0 Å². The van der Waals surface area contributed by atoms with E-state index in [-0.39, 0.29) is 11.1 Å². The number of hydrogen-bond donors (Lipinski definition) is 0. The van der Waals surface area contributed by atoms with E-state index in [1.807, 2.05) is 0 Å². The van der Waals surface area contributed by atoms with E-state index in [9.17, 15) is 39.9 Å². The van der Waals surface area contributed by atoms with Crippen LogP contribution in [0.25, 0.3) is 0 Å². The maximum atomic E-state index is 13.4. The lowest BCUT2D eigenvalue weighted by atomic mass is 9.85. The number of carbonyl (C=O) groups excluding carboxylic acids is 1. The van der Waals surface area contributed by atoms with E-state index in [1.54, 1.807) is 0 Å². The predicted molar refractivity (Wildman–Crippen MR) is 84.6 cm³/mol. The quantitative estimate of drug-likeness (QED) is 0.528. The van der Waals surface area contributed by atoms with Crippen molar-refractivity contribution in [2.24, 2.45) is 0 Å². The van der Waals surface area contributed by atoms with E-state index in [0.717, 1.165) is 12.1 Å². The molecular weight excluding hydrogens is 396 g/mol. The van der Waals surface area contributed by atoms with Gasteiger partial charge in [-0.25, -0.2) is 8.78 Å². The van der Waals surface area contributed by atoms with Crippen LogP contribution in [0.3, 0.4) is 0 Å². The molecule has 0 aromatic heterocycles. The smallest absolute Gasteiger partial charge is 0.298 e. The SMILES string of the molecule is CC(C(=O)C(C)c1ccc(F)c(C(F)(F)F)c1)c1ccc(F)c(C(F)(F)F)c1. The lowest BCUT2D eigenvalue weighted by Gasteiger charge is -2.19. The summed E-state index contributed by atoms with van der Waals surface area (Å²) < 4.78 is 104. The van der Waals surface area contributed by atoms with Crippen LogP contribution in [0.5, 0.6) is 0 Å². The minimum Gasteiger partial charge on any atom is -0.298 e. The van der Waals surface area contributed by atoms with E-state index in [2.05, 4.69) is 0 Å². The van der Waals surface area contributed by atoms with E-state index in [4.69, 9.17) is 0 Å². The van der Waals surface area contributed by atoms with Gasteiger partial charge >= 0.3 is 12.4 Å². The standard InChI is InChI=1S/C19H14F8O/c1-9(11-3-5-15(20)13(7-11)18(22,23)24)17(28)10(2)12-4-6-16(21)14(8-12)19(25,26)27/h3-10H,1-2H3. The summed E-state index contributed by atoms with van der Waals surface area (Å²) in [6, 6.07) is 4.16. The van der Waals surface area contributed by atoms with Gasteiger partial charge in [-0.2, -0.15) is 26.3 Å². The second kappa shape index (κ2) is 7.52. The molecule has 0 heterocycles. The molecule has 28 heavy (non-hydrogen) atoms. The lowest BCUT2D eigenvalue weighted by molar-refractivity contribution is -0.140. The van der Waals surface area contributed by atoms with Crippen LogP contribution in [0.1, 0.15) is 47.9 Å². The van der Waals surface area contributed by atoms with Gasteiger partial charge in [-0.3, -0.25) is 4.79 Å². The number of hydrogen-bond acceptors (Lipinski definition) is 1. The van der Waals surface area contributed by atoms with Gasteiger partial charge in [0.1, 0.15) is 17.4 Å². The van der Waals surface area contributed by atoms with Crippen LogP contribution in [0.4, 0.5) is 35.1 Å². The number of benzene rings is 2. The highest BCUT2D eigenvalue weighted by atomic mass is 19.4. The zero-order chi connectivity index (χ0) is 21.4. The third-order valence-electron chi connectivity index (χ3n) is 4.45. The molecule has 1 nitrogen and oxygen atoms in total. The molecule has 152 valence electrons. The number of ketones is 1. The molecule has 0 radical (unpaired) electrons. The zero-order valence-electron chi connectivity index (χ0n) is 14.6. The van der Waals surface area contributed by atoms with Gasteiger partial charge in [0.25, 0.3) is 0 Å². The molecule has 0 N–H and O–H groups in total. The van der Waals surface area contributed by atoms with Gasteiger partial charge < -0.3 is 0 Å². The highest BCUT2D eigenvalue weighted by Crippen LogP contribution is 2.36. The Morgan fingerprint density at radius 1 is 0.714 bits per heavy atom. The molecule has 9 heteroatoms. The van der Waals surface area contributed by atoms with E-state index in [0.29, 0.717) is 24.3 Å². The summed E-state index contributed by atoms with van der Waals surface area (Å²) >= 11 is 0. The molecule has 0 bridgehead atoms. The number of rotatable bonds is 4. The van der Waals surface area contributed by atoms with Crippen LogP contribution in [0.15, 0.2) is 36.4 Å². The molecule has 2 rings (SSSR count). The molecule has 0 aliphatic heterocycles. The third-order valence-corrected chi connectivity index (χ3v) is 4.45. The van der Waals surface area contributed by atoms with E-state index in [1.165, 1.54) is 13.8 Å². The molecular formula is C19H14F8O. The Balaban J connectivity index is 2.36. The Labute approximate surface area is 155 Å². The van der Waals surface area contributed by atoms with Crippen molar-refractivity contribution < 1.29 is 39.9 Å². The van der Waals surface area contributed by atoms with Crippen molar-refractivity contribution in [1.29, 1.82) is 0 Å². The summed E-state index contributed by atoms with van der Waals surface area (Å²) in [5.41, 5.74) is -3.36. The largest absolute Gasteiger partial charge is 0.419 e. The maximum Gasteiger partial charge on any atom is 0.419 e. The molecule has 0 fully saturated rings. The van der Waals surface area contributed by atoms with Crippen molar-refractivity contribution in [2.75, 3.05) is 0 Å².